The van der Waals surface area contributed by atoms with E-state index in [9.17, 15) is 4.79 Å². The average Bonchev–Trinajstić information content (AvgIpc) is 2.59. The van der Waals surface area contributed by atoms with Gasteiger partial charge in [-0.2, -0.15) is 5.26 Å². The first kappa shape index (κ1) is 19.6. The monoisotopic (exact) mass is 372 g/mol. The van der Waals surface area contributed by atoms with E-state index in [-0.39, 0.29) is 6.54 Å². The normalized spacial score (nSPS) is 10.8. The van der Waals surface area contributed by atoms with Crippen LogP contribution in [-0.4, -0.2) is 18.8 Å². The summed E-state index contributed by atoms with van der Waals surface area (Å²) in [6.07, 6.45) is -0.537. The summed E-state index contributed by atoms with van der Waals surface area (Å²) in [5.74, 6) is 0.724. The molecule has 0 radical (unpaired) electrons. The fourth-order valence-electron chi connectivity index (χ4n) is 2.27. The Kier molecular flexibility index (Phi) is 6.12. The molecule has 2 aromatic rings. The zero-order valence-electron chi connectivity index (χ0n) is 15.2. The van der Waals surface area contributed by atoms with Crippen LogP contribution in [0, 0.1) is 11.3 Å². The average molecular weight is 373 g/mol. The predicted molar refractivity (Wildman–Crippen MR) is 102 cm³/mol. The van der Waals surface area contributed by atoms with Crippen LogP contribution in [0.4, 0.5) is 10.5 Å². The number of ether oxygens (including phenoxy) is 2. The number of nitrogens with zero attached hydrogens (tertiary/aromatic N) is 2. The maximum absolute atomic E-state index is 12.8. The van der Waals surface area contributed by atoms with Gasteiger partial charge in [0, 0.05) is 0 Å². The van der Waals surface area contributed by atoms with Crippen molar-refractivity contribution >= 4 is 23.4 Å². The van der Waals surface area contributed by atoms with Crippen molar-refractivity contribution in [2.24, 2.45) is 0 Å². The van der Waals surface area contributed by atoms with Crippen LogP contribution in [0.2, 0.25) is 5.02 Å². The van der Waals surface area contributed by atoms with Gasteiger partial charge in [-0.3, -0.25) is 4.90 Å². The Bertz CT molecular complexity index is 820. The highest BCUT2D eigenvalue weighted by atomic mass is 35.5. The molecule has 0 fully saturated rings. The summed E-state index contributed by atoms with van der Waals surface area (Å²) in [7, 11) is 1.59. The molecule has 136 valence electrons. The molecule has 2 rings (SSSR count). The lowest BCUT2D eigenvalue weighted by molar-refractivity contribution is 0.0577. The zero-order chi connectivity index (χ0) is 19.3. The molecule has 0 N–H and O–H groups in total. The molecule has 0 saturated heterocycles. The SMILES string of the molecule is COc1ccc(CN(C(=O)OC(C)(C)C)c2cc(C#N)ccc2Cl)cc1. The Balaban J connectivity index is 2.41. The summed E-state index contributed by atoms with van der Waals surface area (Å²) in [6.45, 7) is 5.63. The predicted octanol–water partition coefficient (Wildman–Crippen LogP) is 5.16. The van der Waals surface area contributed by atoms with Crippen molar-refractivity contribution in [2.45, 2.75) is 32.9 Å². The second-order valence-corrected chi connectivity index (χ2v) is 7.10. The van der Waals surface area contributed by atoms with Crippen LogP contribution in [0.5, 0.6) is 5.75 Å². The van der Waals surface area contributed by atoms with Gasteiger partial charge < -0.3 is 9.47 Å². The van der Waals surface area contributed by atoms with Crippen LogP contribution < -0.4 is 9.64 Å². The highest BCUT2D eigenvalue weighted by Gasteiger charge is 2.25. The standard InChI is InChI=1S/C20H21ClN2O3/c1-20(2,3)26-19(24)23(13-14-5-8-16(25-4)9-6-14)18-11-15(12-22)7-10-17(18)21/h5-11H,13H2,1-4H3. The fraction of sp³-hybridized carbons (Fsp3) is 0.300. The van der Waals surface area contributed by atoms with Crippen LogP contribution in [0.3, 0.4) is 0 Å². The van der Waals surface area contributed by atoms with Crippen LogP contribution >= 0.6 is 11.6 Å². The number of benzene rings is 2. The van der Waals surface area contributed by atoms with E-state index >= 15 is 0 Å². The van der Waals surface area contributed by atoms with Crippen LogP contribution in [0.1, 0.15) is 31.9 Å². The summed E-state index contributed by atoms with van der Waals surface area (Å²) < 4.78 is 10.7. The van der Waals surface area contributed by atoms with E-state index in [0.29, 0.717) is 16.3 Å². The lowest BCUT2D eigenvalue weighted by Crippen LogP contribution is -2.36. The van der Waals surface area contributed by atoms with Crippen molar-refractivity contribution in [1.29, 1.82) is 5.26 Å². The minimum atomic E-state index is -0.658. The number of hydrogen-bond donors (Lipinski definition) is 0. The van der Waals surface area contributed by atoms with Gasteiger partial charge in [-0.1, -0.05) is 23.7 Å². The highest BCUT2D eigenvalue weighted by Crippen LogP contribution is 2.30. The number of methoxy groups -OCH3 is 1. The number of carbonyl (C=O) groups excluding carboxylic acids is 1. The molecular formula is C20H21ClN2O3. The molecule has 0 unspecified atom stereocenters. The Morgan fingerprint density at radius 1 is 1.19 bits per heavy atom. The second-order valence-electron chi connectivity index (χ2n) is 6.69. The fourth-order valence-corrected chi connectivity index (χ4v) is 2.49. The van der Waals surface area contributed by atoms with Gasteiger partial charge in [-0.05, 0) is 56.7 Å². The lowest BCUT2D eigenvalue weighted by atomic mass is 10.1. The number of rotatable bonds is 4. The first-order chi connectivity index (χ1) is 12.2. The van der Waals surface area contributed by atoms with Gasteiger partial charge in [-0.25, -0.2) is 4.79 Å². The molecule has 0 aliphatic heterocycles. The summed E-state index contributed by atoms with van der Waals surface area (Å²) in [4.78, 5) is 14.2. The molecule has 26 heavy (non-hydrogen) atoms. The number of halogens is 1. The Labute approximate surface area is 158 Å². The van der Waals surface area contributed by atoms with E-state index in [1.54, 1.807) is 46.1 Å². The zero-order valence-corrected chi connectivity index (χ0v) is 16.0. The van der Waals surface area contributed by atoms with E-state index in [0.717, 1.165) is 11.3 Å². The van der Waals surface area contributed by atoms with E-state index in [2.05, 4.69) is 6.07 Å². The van der Waals surface area contributed by atoms with Crippen molar-refractivity contribution in [3.05, 3.63) is 58.6 Å². The molecule has 0 aromatic heterocycles. The summed E-state index contributed by atoms with van der Waals surface area (Å²) in [5.41, 5.74) is 1.05. The van der Waals surface area contributed by atoms with Crippen LogP contribution in [0.15, 0.2) is 42.5 Å². The molecule has 1 amide bonds. The minimum absolute atomic E-state index is 0.244. The first-order valence-electron chi connectivity index (χ1n) is 8.06. The smallest absolute Gasteiger partial charge is 0.415 e. The molecular weight excluding hydrogens is 352 g/mol. The summed E-state index contributed by atoms with van der Waals surface area (Å²) >= 11 is 6.30. The maximum atomic E-state index is 12.8. The third-order valence-electron chi connectivity index (χ3n) is 3.48. The third kappa shape index (κ3) is 5.14. The van der Waals surface area contributed by atoms with Gasteiger partial charge in [0.1, 0.15) is 11.4 Å². The van der Waals surface area contributed by atoms with Crippen molar-refractivity contribution < 1.29 is 14.3 Å². The summed E-state index contributed by atoms with van der Waals surface area (Å²) in [5, 5.41) is 9.53. The lowest BCUT2D eigenvalue weighted by Gasteiger charge is -2.28. The molecule has 6 heteroatoms. The molecule has 0 atom stereocenters. The quantitative estimate of drug-likeness (QED) is 0.743. The van der Waals surface area contributed by atoms with Crippen molar-refractivity contribution in [3.8, 4) is 11.8 Å². The molecule has 5 nitrogen and oxygen atoms in total. The molecule has 0 aliphatic rings. The van der Waals surface area contributed by atoms with Crippen molar-refractivity contribution in [1.82, 2.24) is 0 Å². The third-order valence-corrected chi connectivity index (χ3v) is 3.80. The van der Waals surface area contributed by atoms with Gasteiger partial charge in [0.2, 0.25) is 0 Å². The van der Waals surface area contributed by atoms with E-state index in [1.165, 1.54) is 4.90 Å². The van der Waals surface area contributed by atoms with Gasteiger partial charge >= 0.3 is 6.09 Å². The molecule has 0 aliphatic carbocycles. The topological polar surface area (TPSA) is 62.6 Å². The maximum Gasteiger partial charge on any atom is 0.415 e. The van der Waals surface area contributed by atoms with Crippen LogP contribution in [-0.2, 0) is 11.3 Å². The first-order valence-corrected chi connectivity index (χ1v) is 8.44. The van der Waals surface area contributed by atoms with Gasteiger partial charge in [-0.15, -0.1) is 0 Å². The molecule has 0 saturated carbocycles. The van der Waals surface area contributed by atoms with Gasteiger partial charge in [0.15, 0.2) is 0 Å². The van der Waals surface area contributed by atoms with E-state index < -0.39 is 11.7 Å². The molecule has 2 aromatic carbocycles. The number of carbonyl (C=O) groups is 1. The Hall–Kier alpha value is -2.71. The number of amides is 1. The van der Waals surface area contributed by atoms with Gasteiger partial charge in [0.25, 0.3) is 0 Å². The van der Waals surface area contributed by atoms with Crippen LogP contribution in [0.25, 0.3) is 0 Å². The molecule has 0 bridgehead atoms. The Morgan fingerprint density at radius 2 is 1.85 bits per heavy atom. The van der Waals surface area contributed by atoms with E-state index in [1.807, 2.05) is 24.3 Å². The minimum Gasteiger partial charge on any atom is -0.497 e. The molecule has 0 spiro atoms. The number of hydrogen-bond acceptors (Lipinski definition) is 4. The second kappa shape index (κ2) is 8.11. The van der Waals surface area contributed by atoms with Gasteiger partial charge in [0.05, 0.1) is 36.0 Å². The van der Waals surface area contributed by atoms with E-state index in [4.69, 9.17) is 26.3 Å². The largest absolute Gasteiger partial charge is 0.497 e. The Morgan fingerprint density at radius 3 is 2.38 bits per heavy atom. The molecule has 0 heterocycles. The summed E-state index contributed by atoms with van der Waals surface area (Å²) in [6, 6.07) is 14.2. The number of nitriles is 1. The highest BCUT2D eigenvalue weighted by molar-refractivity contribution is 6.33. The van der Waals surface area contributed by atoms with Crippen molar-refractivity contribution in [3.63, 3.8) is 0 Å². The number of anilines is 1. The van der Waals surface area contributed by atoms with Crippen molar-refractivity contribution in [2.75, 3.05) is 12.0 Å².